The smallest absolute Gasteiger partial charge is 0.307 e. The Bertz CT molecular complexity index is 1070. The molecule has 186 valence electrons. The Kier molecular flexibility index (Phi) is 9.29. The number of aliphatic hydroxyl groups is 1. The van der Waals surface area contributed by atoms with Crippen LogP contribution in [-0.2, 0) is 24.1 Å². The summed E-state index contributed by atoms with van der Waals surface area (Å²) in [6.07, 6.45) is 1.19. The van der Waals surface area contributed by atoms with Crippen molar-refractivity contribution in [3.63, 3.8) is 0 Å². The number of fused-ring (bicyclic) bond motifs is 2. The van der Waals surface area contributed by atoms with E-state index >= 15 is 0 Å². The number of hydrogen-bond acceptors (Lipinski definition) is 5. The zero-order chi connectivity index (χ0) is 25.3. The number of β-amino-alcohol motifs (C(OH)–C–C–N with tert-alkyl or cyclic N) is 1. The molecule has 3 aromatic rings. The second kappa shape index (κ2) is 12.4. The number of carbonyl (C=O) groups is 1. The van der Waals surface area contributed by atoms with Gasteiger partial charge in [0, 0.05) is 17.6 Å². The van der Waals surface area contributed by atoms with Crippen LogP contribution in [0.15, 0.2) is 72.8 Å². The standard InChI is InChI=1S/C22H29NO5.C7H6/c1-22(2,13-16-8-10-19(27-3)11-9-16)23-14-18(24)15-28-20-7-5-4-6-17(20)12-21(25)26;1-2-6-4-7(3-1)5-6/h4-11,18,23-24H,12-15H2,1-3H3,(H,25,26);1-4H,5H2. The molecule has 0 radical (unpaired) electrons. The van der Waals surface area contributed by atoms with Crippen molar-refractivity contribution < 1.29 is 24.5 Å². The Labute approximate surface area is 207 Å². The van der Waals surface area contributed by atoms with E-state index in [1.165, 1.54) is 23.1 Å². The lowest BCUT2D eigenvalue weighted by atomic mass is 9.94. The predicted octanol–water partition coefficient (Wildman–Crippen LogP) is 4.26. The number of aliphatic carboxylic acids is 1. The second-order valence-electron chi connectivity index (χ2n) is 9.43. The summed E-state index contributed by atoms with van der Waals surface area (Å²) in [5.74, 6) is 0.394. The number of para-hydroxylation sites is 1. The maximum Gasteiger partial charge on any atom is 0.307 e. The van der Waals surface area contributed by atoms with E-state index in [4.69, 9.17) is 14.6 Å². The summed E-state index contributed by atoms with van der Waals surface area (Å²) >= 11 is 0. The first-order chi connectivity index (χ1) is 16.7. The molecule has 5 rings (SSSR count). The molecule has 3 aromatic carbocycles. The lowest BCUT2D eigenvalue weighted by molar-refractivity contribution is -0.136. The molecule has 0 aliphatic heterocycles. The summed E-state index contributed by atoms with van der Waals surface area (Å²) in [7, 11) is 1.64. The highest BCUT2D eigenvalue weighted by Crippen LogP contribution is 2.20. The van der Waals surface area contributed by atoms with Gasteiger partial charge in [0.25, 0.3) is 0 Å². The quantitative estimate of drug-likeness (QED) is 0.299. The van der Waals surface area contributed by atoms with Crippen molar-refractivity contribution in [1.29, 1.82) is 0 Å². The van der Waals surface area contributed by atoms with Crippen LogP contribution in [0.2, 0.25) is 0 Å². The van der Waals surface area contributed by atoms with Gasteiger partial charge in [-0.1, -0.05) is 54.6 Å². The van der Waals surface area contributed by atoms with Crippen molar-refractivity contribution in [2.45, 2.75) is 44.8 Å². The van der Waals surface area contributed by atoms with Crippen LogP contribution in [0.1, 0.15) is 36.1 Å². The normalized spacial score (nSPS) is 12.6. The summed E-state index contributed by atoms with van der Waals surface area (Å²) < 4.78 is 10.8. The molecule has 3 N–H and O–H groups in total. The highest BCUT2D eigenvalue weighted by atomic mass is 16.5. The zero-order valence-corrected chi connectivity index (χ0v) is 20.7. The summed E-state index contributed by atoms with van der Waals surface area (Å²) in [6, 6.07) is 23.5. The maximum atomic E-state index is 10.9. The van der Waals surface area contributed by atoms with E-state index in [1.807, 2.05) is 24.3 Å². The molecule has 1 unspecified atom stereocenters. The molecule has 6 nitrogen and oxygen atoms in total. The van der Waals surface area contributed by atoms with Crippen LogP contribution in [0.5, 0.6) is 11.5 Å². The fourth-order valence-electron chi connectivity index (χ4n) is 3.86. The Balaban J connectivity index is 0.000000410. The fourth-order valence-corrected chi connectivity index (χ4v) is 3.86. The van der Waals surface area contributed by atoms with Crippen LogP contribution >= 0.6 is 0 Å². The molecule has 1 atom stereocenters. The van der Waals surface area contributed by atoms with E-state index in [-0.39, 0.29) is 18.6 Å². The van der Waals surface area contributed by atoms with Gasteiger partial charge in [0.1, 0.15) is 24.2 Å². The van der Waals surface area contributed by atoms with E-state index in [2.05, 4.69) is 43.4 Å². The molecular weight excluding hydrogens is 442 g/mol. The van der Waals surface area contributed by atoms with Crippen molar-refractivity contribution >= 4 is 5.97 Å². The minimum Gasteiger partial charge on any atom is -0.497 e. The van der Waals surface area contributed by atoms with Crippen molar-refractivity contribution in [1.82, 2.24) is 5.32 Å². The van der Waals surface area contributed by atoms with Crippen molar-refractivity contribution in [3.8, 4) is 11.5 Å². The lowest BCUT2D eigenvalue weighted by Gasteiger charge is -2.28. The Hall–Kier alpha value is -3.35. The maximum absolute atomic E-state index is 10.9. The molecule has 2 bridgehead atoms. The zero-order valence-electron chi connectivity index (χ0n) is 20.7. The number of methoxy groups -OCH3 is 1. The van der Waals surface area contributed by atoms with Crippen molar-refractivity contribution in [2.24, 2.45) is 0 Å². The first-order valence-electron chi connectivity index (χ1n) is 11.8. The van der Waals surface area contributed by atoms with E-state index in [0.717, 1.165) is 12.2 Å². The van der Waals surface area contributed by atoms with Gasteiger partial charge >= 0.3 is 5.97 Å². The van der Waals surface area contributed by atoms with Gasteiger partial charge in [0.05, 0.1) is 13.5 Å². The first kappa shape index (κ1) is 26.3. The summed E-state index contributed by atoms with van der Waals surface area (Å²) in [5.41, 5.74) is 4.52. The van der Waals surface area contributed by atoms with Crippen molar-refractivity contribution in [3.05, 3.63) is 95.1 Å². The van der Waals surface area contributed by atoms with Crippen LogP contribution in [-0.4, -0.2) is 48.1 Å². The van der Waals surface area contributed by atoms with Crippen LogP contribution in [0.4, 0.5) is 0 Å². The summed E-state index contributed by atoms with van der Waals surface area (Å²) in [5, 5.41) is 22.6. The third-order valence-electron chi connectivity index (χ3n) is 5.77. The van der Waals surface area contributed by atoms with Gasteiger partial charge in [-0.15, -0.1) is 0 Å². The predicted molar refractivity (Wildman–Crippen MR) is 137 cm³/mol. The van der Waals surface area contributed by atoms with Crippen molar-refractivity contribution in [2.75, 3.05) is 20.3 Å². The van der Waals surface area contributed by atoms with Crippen LogP contribution < -0.4 is 14.8 Å². The SMILES string of the molecule is COc1ccc(CC(C)(C)NCC(O)COc2ccccc2CC(=O)O)cc1.c1cc2cc(c1)C2. The minimum atomic E-state index is -0.918. The van der Waals surface area contributed by atoms with Crippen LogP contribution in [0.3, 0.4) is 0 Å². The van der Waals surface area contributed by atoms with E-state index in [1.54, 1.807) is 31.4 Å². The molecule has 0 saturated carbocycles. The van der Waals surface area contributed by atoms with Gasteiger partial charge in [0.2, 0.25) is 0 Å². The molecule has 0 fully saturated rings. The number of rotatable bonds is 11. The molecule has 0 saturated heterocycles. The van der Waals surface area contributed by atoms with E-state index in [9.17, 15) is 9.90 Å². The van der Waals surface area contributed by atoms with E-state index < -0.39 is 12.1 Å². The second-order valence-corrected chi connectivity index (χ2v) is 9.43. The summed E-state index contributed by atoms with van der Waals surface area (Å²) in [4.78, 5) is 10.9. The van der Waals surface area contributed by atoms with Gasteiger partial charge in [-0.05, 0) is 61.6 Å². The number of carboxylic acids is 1. The molecule has 0 heterocycles. The number of ether oxygens (including phenoxy) is 2. The highest BCUT2D eigenvalue weighted by molar-refractivity contribution is 5.71. The average molecular weight is 478 g/mol. The van der Waals surface area contributed by atoms with Gasteiger partial charge < -0.3 is 25.0 Å². The topological polar surface area (TPSA) is 88.0 Å². The first-order valence-corrected chi connectivity index (χ1v) is 11.8. The molecule has 0 spiro atoms. The largest absolute Gasteiger partial charge is 0.497 e. The number of hydrogen-bond donors (Lipinski definition) is 3. The Morgan fingerprint density at radius 2 is 1.69 bits per heavy atom. The van der Waals surface area contributed by atoms with Gasteiger partial charge in [-0.25, -0.2) is 0 Å². The van der Waals surface area contributed by atoms with Gasteiger partial charge in [0.15, 0.2) is 0 Å². The minimum absolute atomic E-state index is 0.0856. The molecule has 0 aromatic heterocycles. The number of benzene rings is 3. The monoisotopic (exact) mass is 477 g/mol. The molecular formula is C29H35NO5. The average Bonchev–Trinajstić information content (AvgIpc) is 2.83. The van der Waals surface area contributed by atoms with Gasteiger partial charge in [-0.3, -0.25) is 4.79 Å². The Morgan fingerprint density at radius 3 is 2.23 bits per heavy atom. The third-order valence-corrected chi connectivity index (χ3v) is 5.77. The number of aliphatic hydroxyl groups excluding tert-OH is 1. The summed E-state index contributed by atoms with van der Waals surface area (Å²) in [6.45, 7) is 4.60. The third kappa shape index (κ3) is 8.74. The van der Waals surface area contributed by atoms with Crippen LogP contribution in [0.25, 0.3) is 0 Å². The molecule has 0 amide bonds. The van der Waals surface area contributed by atoms with Gasteiger partial charge in [-0.2, -0.15) is 0 Å². The number of carboxylic acid groups (broad SMARTS) is 1. The molecule has 35 heavy (non-hydrogen) atoms. The number of nitrogens with one attached hydrogen (secondary N) is 1. The van der Waals surface area contributed by atoms with Crippen LogP contribution in [0, 0.1) is 0 Å². The lowest BCUT2D eigenvalue weighted by Crippen LogP contribution is -2.46. The molecule has 2 aliphatic rings. The highest BCUT2D eigenvalue weighted by Gasteiger charge is 2.20. The fraction of sp³-hybridized carbons (Fsp3) is 0.345. The molecule has 2 aliphatic carbocycles. The Morgan fingerprint density at radius 1 is 1.03 bits per heavy atom. The van der Waals surface area contributed by atoms with E-state index in [0.29, 0.717) is 17.9 Å². The molecule has 6 heteroatoms.